The van der Waals surface area contributed by atoms with Crippen molar-refractivity contribution in [2.75, 3.05) is 16.3 Å². The van der Waals surface area contributed by atoms with Crippen LogP contribution >= 0.6 is 0 Å². The number of nitrogens with zero attached hydrogens (tertiary/aromatic N) is 2. The molecule has 5 heteroatoms. The van der Waals surface area contributed by atoms with Gasteiger partial charge >= 0.3 is 0 Å². The molecule has 23 heavy (non-hydrogen) atoms. The maximum atomic E-state index is 12.3. The van der Waals surface area contributed by atoms with Gasteiger partial charge in [0.25, 0.3) is 0 Å². The zero-order valence-corrected chi connectivity index (χ0v) is 13.6. The molecule has 0 N–H and O–H groups in total. The van der Waals surface area contributed by atoms with Crippen LogP contribution in [0.25, 0.3) is 0 Å². The second kappa shape index (κ2) is 5.57. The molecule has 2 aliphatic heterocycles. The van der Waals surface area contributed by atoms with Crippen LogP contribution in [-0.4, -0.2) is 30.5 Å². The fraction of sp³-hybridized carbons (Fsp3) is 0.333. The molecule has 0 bridgehead atoms. The third-order valence-corrected chi connectivity index (χ3v) is 4.32. The number of para-hydroxylation sites is 2. The molecule has 0 saturated carbocycles. The Bertz CT molecular complexity index is 723. The molecule has 2 unspecified atom stereocenters. The molecular weight excluding hydrogens is 292 g/mol. The highest BCUT2D eigenvalue weighted by molar-refractivity contribution is 6.03. The number of ketones is 1. The maximum Gasteiger partial charge on any atom is 0.224 e. The molecule has 0 saturated heterocycles. The van der Waals surface area contributed by atoms with Crippen molar-refractivity contribution in [2.24, 2.45) is 0 Å². The first-order chi connectivity index (χ1) is 11.0. The zero-order valence-electron chi connectivity index (χ0n) is 13.6. The summed E-state index contributed by atoms with van der Waals surface area (Å²) in [7, 11) is 0. The van der Waals surface area contributed by atoms with E-state index in [9.17, 15) is 9.59 Å². The number of hydrogen-bond donors (Lipinski definition) is 0. The molecule has 0 fully saturated rings. The lowest BCUT2D eigenvalue weighted by Gasteiger charge is -2.45. The van der Waals surface area contributed by atoms with Gasteiger partial charge in [-0.25, -0.2) is 0 Å². The van der Waals surface area contributed by atoms with E-state index in [2.05, 4.69) is 6.58 Å². The summed E-state index contributed by atoms with van der Waals surface area (Å²) in [4.78, 5) is 28.2. The number of amides is 1. The molecule has 120 valence electrons. The second-order valence-corrected chi connectivity index (χ2v) is 5.80. The number of rotatable bonds is 3. The van der Waals surface area contributed by atoms with E-state index in [1.165, 1.54) is 13.8 Å². The number of Topliss-reactive ketones (excluding diaryl/α,β-unsaturated/α-hetero) is 1. The molecule has 3 rings (SSSR count). The fourth-order valence-electron chi connectivity index (χ4n) is 3.51. The average Bonchev–Trinajstić information content (AvgIpc) is 2.83. The normalized spacial score (nSPS) is 22.4. The molecule has 2 aliphatic rings. The van der Waals surface area contributed by atoms with Gasteiger partial charge in [0.1, 0.15) is 11.8 Å². The summed E-state index contributed by atoms with van der Waals surface area (Å²) in [5, 5.41) is 0. The highest BCUT2D eigenvalue weighted by Crippen LogP contribution is 2.44. The van der Waals surface area contributed by atoms with Crippen LogP contribution in [0.1, 0.15) is 20.8 Å². The number of carbonyl (C=O) groups excluding carboxylic acids is 2. The van der Waals surface area contributed by atoms with Gasteiger partial charge in [0.15, 0.2) is 12.0 Å². The molecule has 1 aromatic carbocycles. The molecule has 0 spiro atoms. The number of anilines is 2. The van der Waals surface area contributed by atoms with Crippen molar-refractivity contribution in [3.8, 4) is 0 Å². The minimum absolute atomic E-state index is 0.0702. The highest BCUT2D eigenvalue weighted by Gasteiger charge is 2.49. The number of ether oxygens (including phenoxy) is 1. The van der Waals surface area contributed by atoms with Crippen LogP contribution in [0.4, 0.5) is 11.4 Å². The lowest BCUT2D eigenvalue weighted by Crippen LogP contribution is -2.57. The van der Waals surface area contributed by atoms with E-state index in [0.29, 0.717) is 17.9 Å². The van der Waals surface area contributed by atoms with Crippen molar-refractivity contribution in [2.45, 2.75) is 33.0 Å². The highest BCUT2D eigenvalue weighted by atomic mass is 16.5. The van der Waals surface area contributed by atoms with Crippen molar-refractivity contribution in [1.29, 1.82) is 0 Å². The van der Waals surface area contributed by atoms with Gasteiger partial charge in [-0.3, -0.25) is 14.5 Å². The molecular formula is C18H20N2O3. The van der Waals surface area contributed by atoms with E-state index in [-0.39, 0.29) is 11.7 Å². The summed E-state index contributed by atoms with van der Waals surface area (Å²) in [6.07, 6.45) is 1.38. The monoisotopic (exact) mass is 312 g/mol. The van der Waals surface area contributed by atoms with Crippen LogP contribution < -0.4 is 9.80 Å². The molecule has 0 aliphatic carbocycles. The van der Waals surface area contributed by atoms with Crippen LogP contribution in [0.15, 0.2) is 48.3 Å². The van der Waals surface area contributed by atoms with Crippen molar-refractivity contribution in [3.63, 3.8) is 0 Å². The number of hydrogen-bond acceptors (Lipinski definition) is 4. The minimum Gasteiger partial charge on any atom is -0.472 e. The van der Waals surface area contributed by atoms with Crippen LogP contribution in [0, 0.1) is 0 Å². The first kappa shape index (κ1) is 15.3. The third-order valence-electron chi connectivity index (χ3n) is 4.32. The number of fused-ring (bicyclic) bond motifs is 2. The van der Waals surface area contributed by atoms with Gasteiger partial charge < -0.3 is 9.64 Å². The molecule has 5 nitrogen and oxygen atoms in total. The van der Waals surface area contributed by atoms with Gasteiger partial charge in [-0.1, -0.05) is 18.2 Å². The smallest absolute Gasteiger partial charge is 0.224 e. The second-order valence-electron chi connectivity index (χ2n) is 5.80. The van der Waals surface area contributed by atoms with Gasteiger partial charge in [0.05, 0.1) is 16.9 Å². The van der Waals surface area contributed by atoms with Crippen LogP contribution in [-0.2, 0) is 14.3 Å². The van der Waals surface area contributed by atoms with Gasteiger partial charge in [0.2, 0.25) is 5.91 Å². The van der Waals surface area contributed by atoms with Crippen molar-refractivity contribution in [1.82, 2.24) is 0 Å². The largest absolute Gasteiger partial charge is 0.472 e. The van der Waals surface area contributed by atoms with E-state index in [1.54, 1.807) is 17.9 Å². The van der Waals surface area contributed by atoms with E-state index < -0.39 is 12.3 Å². The maximum absolute atomic E-state index is 12.3. The standard InChI is InChI=1S/C18H20N2O3/c1-5-10-19-14-8-6-7-9-15(14)20(13(4)22)17-16(11(2)21)12(3)23-18(17)19/h5-9,17-18H,1,10H2,2-4H3. The number of benzene rings is 1. The van der Waals surface area contributed by atoms with Crippen molar-refractivity contribution < 1.29 is 14.3 Å². The number of carbonyl (C=O) groups is 2. The molecule has 1 aromatic rings. The Morgan fingerprint density at radius 3 is 2.48 bits per heavy atom. The zero-order chi connectivity index (χ0) is 16.7. The Labute approximate surface area is 135 Å². The average molecular weight is 312 g/mol. The predicted molar refractivity (Wildman–Crippen MR) is 89.2 cm³/mol. The Hall–Kier alpha value is -2.56. The van der Waals surface area contributed by atoms with Gasteiger partial charge in [-0.2, -0.15) is 0 Å². The van der Waals surface area contributed by atoms with E-state index in [0.717, 1.165) is 11.4 Å². The third kappa shape index (κ3) is 2.23. The van der Waals surface area contributed by atoms with Crippen LogP contribution in [0.2, 0.25) is 0 Å². The summed E-state index contributed by atoms with van der Waals surface area (Å²) in [6, 6.07) is 7.24. The molecule has 0 aromatic heterocycles. The van der Waals surface area contributed by atoms with E-state index >= 15 is 0 Å². The number of allylic oxidation sites excluding steroid dienone is 1. The van der Waals surface area contributed by atoms with Crippen LogP contribution in [0.5, 0.6) is 0 Å². The Morgan fingerprint density at radius 2 is 1.91 bits per heavy atom. The SMILES string of the molecule is C=CCN1c2ccccc2N(C(C)=O)C2C(C(C)=O)=C(C)OC21. The Kier molecular flexibility index (Phi) is 3.72. The Morgan fingerprint density at radius 1 is 1.26 bits per heavy atom. The first-order valence-corrected chi connectivity index (χ1v) is 7.62. The van der Waals surface area contributed by atoms with Gasteiger partial charge in [-0.05, 0) is 26.0 Å². The van der Waals surface area contributed by atoms with Crippen molar-refractivity contribution in [3.05, 3.63) is 48.3 Å². The summed E-state index contributed by atoms with van der Waals surface area (Å²) in [5.74, 6) is 0.405. The summed E-state index contributed by atoms with van der Waals surface area (Å²) in [6.45, 7) is 9.20. The summed E-state index contributed by atoms with van der Waals surface area (Å²) >= 11 is 0. The topological polar surface area (TPSA) is 49.9 Å². The molecule has 1 amide bonds. The first-order valence-electron chi connectivity index (χ1n) is 7.62. The quantitative estimate of drug-likeness (QED) is 0.805. The summed E-state index contributed by atoms with van der Waals surface area (Å²) in [5.41, 5.74) is 2.26. The minimum atomic E-state index is -0.431. The fourth-order valence-corrected chi connectivity index (χ4v) is 3.51. The molecule has 2 heterocycles. The van der Waals surface area contributed by atoms with Crippen molar-refractivity contribution >= 4 is 23.1 Å². The summed E-state index contributed by atoms with van der Waals surface area (Å²) < 4.78 is 5.98. The van der Waals surface area contributed by atoms with Crippen LogP contribution in [0.3, 0.4) is 0 Å². The Balaban J connectivity index is 2.21. The van der Waals surface area contributed by atoms with Gasteiger partial charge in [0, 0.05) is 13.5 Å². The molecule has 2 atom stereocenters. The predicted octanol–water partition coefficient (Wildman–Crippen LogP) is 2.63. The lowest BCUT2D eigenvalue weighted by molar-refractivity contribution is -0.117. The van der Waals surface area contributed by atoms with E-state index in [1.807, 2.05) is 29.2 Å². The molecule has 0 radical (unpaired) electrons. The lowest BCUT2D eigenvalue weighted by atomic mass is 9.96. The van der Waals surface area contributed by atoms with E-state index in [4.69, 9.17) is 4.74 Å². The van der Waals surface area contributed by atoms with Gasteiger partial charge in [-0.15, -0.1) is 6.58 Å².